The van der Waals surface area contributed by atoms with Gasteiger partial charge in [-0.05, 0) is 23.8 Å². The van der Waals surface area contributed by atoms with E-state index in [2.05, 4.69) is 53.3 Å². The van der Waals surface area contributed by atoms with Crippen LogP contribution >= 0.6 is 0 Å². The van der Waals surface area contributed by atoms with Crippen molar-refractivity contribution in [3.63, 3.8) is 0 Å². The topological polar surface area (TPSA) is 35.0 Å². The van der Waals surface area contributed by atoms with Crippen molar-refractivity contribution < 1.29 is 4.74 Å². The molecule has 0 saturated heterocycles. The fourth-order valence-corrected chi connectivity index (χ4v) is 3.38. The summed E-state index contributed by atoms with van der Waals surface area (Å²) in [5.74, 6) is 1.09. The van der Waals surface area contributed by atoms with E-state index >= 15 is 0 Å². The van der Waals surface area contributed by atoms with Crippen molar-refractivity contribution in [3.05, 3.63) is 126 Å². The third kappa shape index (κ3) is 3.94. The highest BCUT2D eigenvalue weighted by molar-refractivity contribution is 5.42. The highest BCUT2D eigenvalue weighted by Crippen LogP contribution is 2.35. The van der Waals surface area contributed by atoms with E-state index in [4.69, 9.17) is 4.74 Å². The molecule has 0 spiro atoms. The Labute approximate surface area is 165 Å². The van der Waals surface area contributed by atoms with Gasteiger partial charge >= 0.3 is 0 Å². The van der Waals surface area contributed by atoms with Gasteiger partial charge in [-0.25, -0.2) is 0 Å². The molecule has 0 N–H and O–H groups in total. The van der Waals surface area contributed by atoms with E-state index in [9.17, 15) is 0 Å². The Hall–Kier alpha value is -3.46. The predicted octanol–water partition coefficient (Wildman–Crippen LogP) is 5.80. The second-order valence-electron chi connectivity index (χ2n) is 6.74. The number of benzene rings is 2. The van der Waals surface area contributed by atoms with Crippen molar-refractivity contribution in [3.8, 4) is 5.75 Å². The number of ether oxygens (including phenoxy) is 1. The summed E-state index contributed by atoms with van der Waals surface area (Å²) in [5.41, 5.74) is 4.42. The minimum atomic E-state index is -0.272. The summed E-state index contributed by atoms with van der Waals surface area (Å²) in [6.45, 7) is 2.21. The van der Waals surface area contributed by atoms with Gasteiger partial charge < -0.3 is 4.74 Å². The van der Waals surface area contributed by atoms with E-state index in [0.717, 1.165) is 22.4 Å². The van der Waals surface area contributed by atoms with Crippen LogP contribution in [-0.4, -0.2) is 9.97 Å². The normalized spacial score (nSPS) is 11.9. The fourth-order valence-electron chi connectivity index (χ4n) is 3.38. The van der Waals surface area contributed by atoms with Crippen LogP contribution in [-0.2, 0) is 0 Å². The van der Waals surface area contributed by atoms with E-state index < -0.39 is 0 Å². The molecule has 0 bridgehead atoms. The summed E-state index contributed by atoms with van der Waals surface area (Å²) in [7, 11) is 0. The summed E-state index contributed by atoms with van der Waals surface area (Å²) >= 11 is 0. The molecule has 1 unspecified atom stereocenters. The molecule has 4 aromatic rings. The number of pyridine rings is 2. The van der Waals surface area contributed by atoms with E-state index in [1.54, 1.807) is 12.4 Å². The maximum Gasteiger partial charge on any atom is 0.152 e. The summed E-state index contributed by atoms with van der Waals surface area (Å²) in [6, 6.07) is 26.7. The Morgan fingerprint density at radius 2 is 1.21 bits per heavy atom. The third-order valence-electron chi connectivity index (χ3n) is 4.90. The lowest BCUT2D eigenvalue weighted by Crippen LogP contribution is -2.12. The lowest BCUT2D eigenvalue weighted by atomic mass is 9.92. The quantitative estimate of drug-likeness (QED) is 0.433. The lowest BCUT2D eigenvalue weighted by molar-refractivity contribution is 0.243. The molecule has 0 aliphatic heterocycles. The van der Waals surface area contributed by atoms with Crippen LogP contribution in [0.25, 0.3) is 0 Å². The molecule has 28 heavy (non-hydrogen) atoms. The van der Waals surface area contributed by atoms with Crippen molar-refractivity contribution >= 4 is 0 Å². The molecule has 138 valence electrons. The summed E-state index contributed by atoms with van der Waals surface area (Å²) < 4.78 is 6.58. The van der Waals surface area contributed by atoms with E-state index in [0.29, 0.717) is 0 Å². The van der Waals surface area contributed by atoms with Gasteiger partial charge in [0, 0.05) is 47.4 Å². The fraction of sp³-hybridized carbons (Fsp3) is 0.120. The van der Waals surface area contributed by atoms with Gasteiger partial charge in [0.05, 0.1) is 0 Å². The van der Waals surface area contributed by atoms with Crippen molar-refractivity contribution in [2.24, 2.45) is 0 Å². The zero-order chi connectivity index (χ0) is 19.2. The second kappa shape index (κ2) is 8.49. The number of nitrogens with zero attached hydrogens (tertiary/aromatic N) is 2. The first kappa shape index (κ1) is 17.9. The van der Waals surface area contributed by atoms with E-state index in [1.165, 1.54) is 5.56 Å². The monoisotopic (exact) mass is 366 g/mol. The van der Waals surface area contributed by atoms with Gasteiger partial charge in [0.25, 0.3) is 0 Å². The third-order valence-corrected chi connectivity index (χ3v) is 4.90. The highest BCUT2D eigenvalue weighted by Gasteiger charge is 2.20. The van der Waals surface area contributed by atoms with Crippen LogP contribution < -0.4 is 4.74 Å². The van der Waals surface area contributed by atoms with Crippen LogP contribution in [0.1, 0.15) is 41.2 Å². The molecule has 4 rings (SSSR count). The van der Waals surface area contributed by atoms with Gasteiger partial charge in [-0.15, -0.1) is 0 Å². The Bertz CT molecular complexity index is 965. The van der Waals surface area contributed by atoms with Gasteiger partial charge in [0.2, 0.25) is 0 Å². The molecule has 2 heterocycles. The SMILES string of the molecule is CC(c1ccccc1)c1ccccc1OC(c1cccnc1)c1cccnc1. The van der Waals surface area contributed by atoms with Crippen molar-refractivity contribution in [2.45, 2.75) is 18.9 Å². The summed E-state index contributed by atoms with van der Waals surface area (Å²) in [6.07, 6.45) is 6.97. The molecule has 3 nitrogen and oxygen atoms in total. The molecule has 1 atom stereocenters. The van der Waals surface area contributed by atoms with Crippen LogP contribution in [0.5, 0.6) is 5.75 Å². The van der Waals surface area contributed by atoms with Crippen LogP contribution in [0.2, 0.25) is 0 Å². The average Bonchev–Trinajstić information content (AvgIpc) is 2.79. The number of hydrogen-bond acceptors (Lipinski definition) is 3. The molecular formula is C25H22N2O. The summed E-state index contributed by atoms with van der Waals surface area (Å²) in [4.78, 5) is 8.55. The molecular weight excluding hydrogens is 344 g/mol. The minimum absolute atomic E-state index is 0.223. The molecule has 0 amide bonds. The maximum absolute atomic E-state index is 6.58. The zero-order valence-corrected chi connectivity index (χ0v) is 15.8. The Kier molecular flexibility index (Phi) is 5.43. The number of para-hydroxylation sites is 1. The maximum atomic E-state index is 6.58. The molecule has 0 radical (unpaired) electrons. The Morgan fingerprint density at radius 1 is 0.643 bits per heavy atom. The van der Waals surface area contributed by atoms with Crippen molar-refractivity contribution in [2.75, 3.05) is 0 Å². The average molecular weight is 366 g/mol. The Morgan fingerprint density at radius 3 is 1.82 bits per heavy atom. The Balaban J connectivity index is 1.72. The highest BCUT2D eigenvalue weighted by atomic mass is 16.5. The van der Waals surface area contributed by atoms with Crippen LogP contribution in [0.15, 0.2) is 104 Å². The number of rotatable bonds is 6. The van der Waals surface area contributed by atoms with Crippen LogP contribution in [0.3, 0.4) is 0 Å². The lowest BCUT2D eigenvalue weighted by Gasteiger charge is -2.23. The first-order chi connectivity index (χ1) is 13.8. The van der Waals surface area contributed by atoms with Gasteiger partial charge in [-0.2, -0.15) is 0 Å². The standard InChI is InChI=1S/C25H22N2O/c1-19(20-9-3-2-4-10-20)23-13-5-6-14-24(23)28-25(21-11-7-15-26-17-21)22-12-8-16-27-18-22/h2-19,25H,1H3. The van der Waals surface area contributed by atoms with Crippen LogP contribution in [0.4, 0.5) is 0 Å². The first-order valence-corrected chi connectivity index (χ1v) is 9.43. The molecule has 0 aliphatic carbocycles. The van der Waals surface area contributed by atoms with Crippen molar-refractivity contribution in [1.29, 1.82) is 0 Å². The number of aromatic nitrogens is 2. The molecule has 0 aliphatic rings. The largest absolute Gasteiger partial charge is 0.481 e. The first-order valence-electron chi connectivity index (χ1n) is 9.43. The zero-order valence-electron chi connectivity index (χ0n) is 15.8. The van der Waals surface area contributed by atoms with Gasteiger partial charge in [0.15, 0.2) is 6.10 Å². The van der Waals surface area contributed by atoms with Gasteiger partial charge in [0.1, 0.15) is 5.75 Å². The second-order valence-corrected chi connectivity index (χ2v) is 6.74. The van der Waals surface area contributed by atoms with E-state index in [1.807, 2.05) is 54.9 Å². The van der Waals surface area contributed by atoms with Gasteiger partial charge in [-0.1, -0.05) is 67.6 Å². The molecule has 3 heteroatoms. The van der Waals surface area contributed by atoms with Crippen LogP contribution in [0, 0.1) is 0 Å². The van der Waals surface area contributed by atoms with Crippen molar-refractivity contribution in [1.82, 2.24) is 9.97 Å². The number of hydrogen-bond donors (Lipinski definition) is 0. The smallest absolute Gasteiger partial charge is 0.152 e. The molecule has 2 aromatic carbocycles. The summed E-state index contributed by atoms with van der Waals surface area (Å²) in [5, 5.41) is 0. The molecule has 2 aromatic heterocycles. The molecule has 0 fully saturated rings. The van der Waals surface area contributed by atoms with Gasteiger partial charge in [-0.3, -0.25) is 9.97 Å². The van der Waals surface area contributed by atoms with E-state index in [-0.39, 0.29) is 12.0 Å². The minimum Gasteiger partial charge on any atom is -0.481 e. The predicted molar refractivity (Wildman–Crippen MR) is 111 cm³/mol. The molecule has 0 saturated carbocycles.